The average Bonchev–Trinajstić information content (AvgIpc) is 3.02. The van der Waals surface area contributed by atoms with Crippen molar-refractivity contribution in [3.63, 3.8) is 0 Å². The summed E-state index contributed by atoms with van der Waals surface area (Å²) in [5, 5.41) is 4.15. The molecule has 0 unspecified atom stereocenters. The smallest absolute Gasteiger partial charge is 0.408 e. The first-order chi connectivity index (χ1) is 11.8. The fourth-order valence-electron chi connectivity index (χ4n) is 3.34. The lowest BCUT2D eigenvalue weighted by molar-refractivity contribution is 0.0431. The Hall–Kier alpha value is -2.31. The van der Waals surface area contributed by atoms with E-state index in [1.807, 2.05) is 33.0 Å². The summed E-state index contributed by atoms with van der Waals surface area (Å²) in [6.07, 6.45) is 5.74. The number of nitrogens with zero attached hydrogens (tertiary/aromatic N) is 3. The molecule has 2 N–H and O–H groups in total. The van der Waals surface area contributed by atoms with E-state index in [2.05, 4.69) is 32.1 Å². The maximum atomic E-state index is 12.2. The lowest BCUT2D eigenvalue weighted by atomic mass is 9.85. The monoisotopic (exact) mass is 345 g/mol. The molecule has 7 heteroatoms. The van der Waals surface area contributed by atoms with E-state index in [9.17, 15) is 4.79 Å². The molecule has 0 spiro atoms. The number of H-pyrrole nitrogens is 1. The zero-order valence-corrected chi connectivity index (χ0v) is 15.4. The Balaban J connectivity index is 1.69. The van der Waals surface area contributed by atoms with Crippen LogP contribution in [0.4, 0.5) is 10.6 Å². The summed E-state index contributed by atoms with van der Waals surface area (Å²) in [7, 11) is 0. The largest absolute Gasteiger partial charge is 0.444 e. The number of rotatable bonds is 3. The third-order valence-electron chi connectivity index (χ3n) is 4.80. The van der Waals surface area contributed by atoms with Crippen molar-refractivity contribution in [2.45, 2.75) is 58.1 Å². The molecule has 136 valence electrons. The molecule has 3 heterocycles. The van der Waals surface area contributed by atoms with Gasteiger partial charge < -0.3 is 19.9 Å². The number of hydrogen-bond acceptors (Lipinski definition) is 5. The van der Waals surface area contributed by atoms with Crippen LogP contribution >= 0.6 is 0 Å². The standard InChI is InChI=1S/C18H27N5O2/c1-5-18(22-16(24)25-17(2,3)4)7-10-23(11-8-18)15-13-6-9-19-14(13)20-12-21-15/h6,9,12H,5,7-8,10-11H2,1-4H3,(H,22,24)(H,19,20,21). The molecule has 0 bridgehead atoms. The summed E-state index contributed by atoms with van der Waals surface area (Å²) < 4.78 is 5.44. The number of hydrogen-bond donors (Lipinski definition) is 2. The molecule has 2 aromatic rings. The lowest BCUT2D eigenvalue weighted by Gasteiger charge is -2.42. The summed E-state index contributed by atoms with van der Waals surface area (Å²) in [6.45, 7) is 9.42. The fraction of sp³-hybridized carbons (Fsp3) is 0.611. The average molecular weight is 345 g/mol. The topological polar surface area (TPSA) is 83.1 Å². The van der Waals surface area contributed by atoms with Crippen molar-refractivity contribution < 1.29 is 9.53 Å². The first-order valence-electron chi connectivity index (χ1n) is 8.86. The summed E-state index contributed by atoms with van der Waals surface area (Å²) >= 11 is 0. The Morgan fingerprint density at radius 1 is 1.36 bits per heavy atom. The van der Waals surface area contributed by atoms with E-state index >= 15 is 0 Å². The summed E-state index contributed by atoms with van der Waals surface area (Å²) in [5.74, 6) is 0.952. The van der Waals surface area contributed by atoms with Crippen LogP contribution in [0, 0.1) is 0 Å². The minimum Gasteiger partial charge on any atom is -0.444 e. The highest BCUT2D eigenvalue weighted by Gasteiger charge is 2.36. The summed E-state index contributed by atoms with van der Waals surface area (Å²) in [5.41, 5.74) is 0.146. The zero-order valence-electron chi connectivity index (χ0n) is 15.4. The predicted octanol–water partition coefficient (Wildman–Crippen LogP) is 3.23. The van der Waals surface area contributed by atoms with Crippen LogP contribution in [0.15, 0.2) is 18.6 Å². The van der Waals surface area contributed by atoms with Crippen LogP contribution in [0.5, 0.6) is 0 Å². The number of aromatic nitrogens is 3. The maximum Gasteiger partial charge on any atom is 0.408 e. The van der Waals surface area contributed by atoms with Crippen molar-refractivity contribution in [1.29, 1.82) is 0 Å². The van der Waals surface area contributed by atoms with Crippen LogP contribution in [-0.4, -0.2) is 45.3 Å². The number of amides is 1. The Bertz CT molecular complexity index is 741. The Kier molecular flexibility index (Phi) is 4.58. The Labute approximate surface area is 148 Å². The van der Waals surface area contributed by atoms with Crippen LogP contribution < -0.4 is 10.2 Å². The molecule has 1 aliphatic rings. The van der Waals surface area contributed by atoms with E-state index in [0.717, 1.165) is 49.2 Å². The second kappa shape index (κ2) is 6.54. The summed E-state index contributed by atoms with van der Waals surface area (Å²) in [6, 6.07) is 2.01. The van der Waals surface area contributed by atoms with Crippen molar-refractivity contribution in [2.24, 2.45) is 0 Å². The molecule has 0 aromatic carbocycles. The van der Waals surface area contributed by atoms with E-state index in [1.54, 1.807) is 6.33 Å². The normalized spacial score (nSPS) is 17.5. The molecule has 25 heavy (non-hydrogen) atoms. The van der Waals surface area contributed by atoms with E-state index in [1.165, 1.54) is 0 Å². The number of alkyl carbamates (subject to hydrolysis) is 1. The van der Waals surface area contributed by atoms with Crippen molar-refractivity contribution in [2.75, 3.05) is 18.0 Å². The van der Waals surface area contributed by atoms with Crippen molar-refractivity contribution in [3.8, 4) is 0 Å². The van der Waals surface area contributed by atoms with Gasteiger partial charge in [0.25, 0.3) is 0 Å². The molecule has 1 amide bonds. The third-order valence-corrected chi connectivity index (χ3v) is 4.80. The highest BCUT2D eigenvalue weighted by Crippen LogP contribution is 2.31. The second-order valence-corrected chi connectivity index (χ2v) is 7.69. The van der Waals surface area contributed by atoms with Gasteiger partial charge >= 0.3 is 6.09 Å². The molecule has 0 aliphatic carbocycles. The van der Waals surface area contributed by atoms with Gasteiger partial charge in [-0.1, -0.05) is 6.92 Å². The van der Waals surface area contributed by atoms with Crippen LogP contribution in [0.3, 0.4) is 0 Å². The quantitative estimate of drug-likeness (QED) is 0.892. The molecule has 2 aromatic heterocycles. The highest BCUT2D eigenvalue weighted by molar-refractivity contribution is 5.87. The number of piperidine rings is 1. The third kappa shape index (κ3) is 3.86. The number of anilines is 1. The van der Waals surface area contributed by atoms with Gasteiger partial charge in [-0.3, -0.25) is 0 Å². The van der Waals surface area contributed by atoms with Gasteiger partial charge in [-0.2, -0.15) is 0 Å². The first-order valence-corrected chi connectivity index (χ1v) is 8.86. The van der Waals surface area contributed by atoms with Crippen LogP contribution in [0.2, 0.25) is 0 Å². The number of carbonyl (C=O) groups is 1. The van der Waals surface area contributed by atoms with Crippen LogP contribution in [0.1, 0.15) is 47.0 Å². The molecule has 3 rings (SSSR count). The van der Waals surface area contributed by atoms with Crippen LogP contribution in [0.25, 0.3) is 11.0 Å². The zero-order chi connectivity index (χ0) is 18.1. The molecule has 1 fully saturated rings. The number of ether oxygens (including phenoxy) is 1. The molecule has 0 saturated carbocycles. The minimum absolute atomic E-state index is 0.219. The van der Waals surface area contributed by atoms with E-state index in [0.29, 0.717) is 0 Å². The minimum atomic E-state index is -0.486. The van der Waals surface area contributed by atoms with Crippen molar-refractivity contribution >= 4 is 22.9 Å². The predicted molar refractivity (Wildman–Crippen MR) is 97.7 cm³/mol. The number of carbonyl (C=O) groups excluding carboxylic acids is 1. The number of fused-ring (bicyclic) bond motifs is 1. The van der Waals surface area contributed by atoms with E-state index in [-0.39, 0.29) is 11.6 Å². The van der Waals surface area contributed by atoms with Crippen molar-refractivity contribution in [3.05, 3.63) is 18.6 Å². The number of aromatic amines is 1. The molecule has 0 atom stereocenters. The lowest BCUT2D eigenvalue weighted by Crippen LogP contribution is -2.56. The van der Waals surface area contributed by atoms with Gasteiger partial charge in [0.05, 0.1) is 5.39 Å². The SMILES string of the molecule is CCC1(NC(=O)OC(C)(C)C)CCN(c2ncnc3[nH]ccc23)CC1. The van der Waals surface area contributed by atoms with Gasteiger partial charge in [-0.05, 0) is 46.1 Å². The van der Waals surface area contributed by atoms with E-state index < -0.39 is 5.60 Å². The van der Waals surface area contributed by atoms with Crippen molar-refractivity contribution in [1.82, 2.24) is 20.3 Å². The second-order valence-electron chi connectivity index (χ2n) is 7.69. The van der Waals surface area contributed by atoms with Gasteiger partial charge in [-0.25, -0.2) is 14.8 Å². The van der Waals surface area contributed by atoms with Gasteiger partial charge in [0.15, 0.2) is 0 Å². The maximum absolute atomic E-state index is 12.2. The molecule has 7 nitrogen and oxygen atoms in total. The van der Waals surface area contributed by atoms with Gasteiger partial charge in [-0.15, -0.1) is 0 Å². The summed E-state index contributed by atoms with van der Waals surface area (Å²) in [4.78, 5) is 26.3. The van der Waals surface area contributed by atoms with E-state index in [4.69, 9.17) is 4.74 Å². The number of nitrogens with one attached hydrogen (secondary N) is 2. The van der Waals surface area contributed by atoms with Crippen LogP contribution in [-0.2, 0) is 4.74 Å². The molecule has 1 saturated heterocycles. The van der Waals surface area contributed by atoms with Gasteiger partial charge in [0.1, 0.15) is 23.4 Å². The molecular formula is C18H27N5O2. The molecule has 1 aliphatic heterocycles. The molecule has 0 radical (unpaired) electrons. The molecular weight excluding hydrogens is 318 g/mol. The Morgan fingerprint density at radius 3 is 2.72 bits per heavy atom. The first kappa shape index (κ1) is 17.5. The Morgan fingerprint density at radius 2 is 2.08 bits per heavy atom. The fourth-order valence-corrected chi connectivity index (χ4v) is 3.34. The van der Waals surface area contributed by atoms with Gasteiger partial charge in [0.2, 0.25) is 0 Å². The highest BCUT2D eigenvalue weighted by atomic mass is 16.6. The van der Waals surface area contributed by atoms with Gasteiger partial charge in [0, 0.05) is 24.8 Å².